The molecule has 0 saturated carbocycles. The van der Waals surface area contributed by atoms with Gasteiger partial charge in [0.15, 0.2) is 0 Å². The summed E-state index contributed by atoms with van der Waals surface area (Å²) in [7, 11) is 0. The van der Waals surface area contributed by atoms with E-state index in [2.05, 4.69) is 59.9 Å². The van der Waals surface area contributed by atoms with E-state index in [1.807, 2.05) is 16.9 Å². The summed E-state index contributed by atoms with van der Waals surface area (Å²) in [5.41, 5.74) is 4.17. The van der Waals surface area contributed by atoms with E-state index in [0.717, 1.165) is 6.42 Å². The minimum absolute atomic E-state index is 0. The van der Waals surface area contributed by atoms with Crippen molar-refractivity contribution in [2.24, 2.45) is 0 Å². The van der Waals surface area contributed by atoms with Crippen LogP contribution < -0.4 is 24.8 Å². The molecule has 0 aliphatic heterocycles. The van der Waals surface area contributed by atoms with Crippen molar-refractivity contribution in [1.82, 2.24) is 9.78 Å². The van der Waals surface area contributed by atoms with Crippen molar-refractivity contribution < 1.29 is 44.0 Å². The Labute approximate surface area is 151 Å². The molecule has 2 aliphatic carbocycles. The molecule has 0 bridgehead atoms. The fraction of sp³-hybridized carbons (Fsp3) is 0.118. The zero-order chi connectivity index (χ0) is 13.4. The average Bonchev–Trinajstić information content (AvgIpc) is 3.19. The fourth-order valence-corrected chi connectivity index (χ4v) is 5.29. The molecule has 0 amide bonds. The van der Waals surface area contributed by atoms with E-state index in [0.29, 0.717) is 4.22 Å². The molecule has 110 valence electrons. The van der Waals surface area contributed by atoms with Gasteiger partial charge in [-0.05, 0) is 0 Å². The molecule has 2 aliphatic rings. The molecule has 1 heterocycles. The Kier molecular flexibility index (Phi) is 5.88. The van der Waals surface area contributed by atoms with E-state index < -0.39 is 0 Å². The minimum Gasteiger partial charge on any atom is -1.00 e. The Morgan fingerprint density at radius 1 is 1.14 bits per heavy atom. The first-order valence-corrected chi connectivity index (χ1v) is 8.53. The third-order valence-electron chi connectivity index (χ3n) is 3.78. The molecule has 1 aromatic carbocycles. The summed E-state index contributed by atoms with van der Waals surface area (Å²) in [6.07, 6.45) is 14.1. The standard InChI is InChI=1S/C12H9N2.C5H5.2ClH.Ti/c1-2-5-11-9-12(8-10(11)4-1)14-7-3-6-13-14;1-2-4-5-3-1;;;/h1-9H;1-3H,4H2;2*1H;/q;;;;+2/p-2. The predicted octanol–water partition coefficient (Wildman–Crippen LogP) is -2.13. The molecular formula is C17H14Cl2N2Ti. The molecule has 0 saturated heterocycles. The van der Waals surface area contributed by atoms with Gasteiger partial charge in [-0.2, -0.15) is 0 Å². The topological polar surface area (TPSA) is 17.8 Å². The van der Waals surface area contributed by atoms with Crippen molar-refractivity contribution in [2.45, 2.75) is 10.6 Å². The summed E-state index contributed by atoms with van der Waals surface area (Å²) in [5.74, 6) is 0. The third kappa shape index (κ3) is 3.16. The number of allylic oxidation sites excluding steroid dienone is 5. The number of aromatic nitrogens is 2. The Morgan fingerprint density at radius 2 is 2.00 bits per heavy atom. The van der Waals surface area contributed by atoms with E-state index in [9.17, 15) is 0 Å². The molecule has 1 aromatic heterocycles. The second-order valence-electron chi connectivity index (χ2n) is 5.05. The van der Waals surface area contributed by atoms with Crippen LogP contribution in [0.1, 0.15) is 21.8 Å². The second kappa shape index (κ2) is 7.48. The molecule has 22 heavy (non-hydrogen) atoms. The van der Waals surface area contributed by atoms with Gasteiger partial charge >= 0.3 is 127 Å². The van der Waals surface area contributed by atoms with Gasteiger partial charge in [-0.3, -0.25) is 0 Å². The Hall–Kier alpha value is -1.06. The van der Waals surface area contributed by atoms with Crippen LogP contribution in [0.4, 0.5) is 0 Å². The van der Waals surface area contributed by atoms with E-state index >= 15 is 0 Å². The van der Waals surface area contributed by atoms with Crippen LogP contribution in [0, 0.1) is 0 Å². The van der Waals surface area contributed by atoms with Gasteiger partial charge in [0.2, 0.25) is 0 Å². The number of benzene rings is 1. The van der Waals surface area contributed by atoms with Crippen molar-refractivity contribution in [2.75, 3.05) is 0 Å². The average molecular weight is 365 g/mol. The van der Waals surface area contributed by atoms with Gasteiger partial charge in [-0.15, -0.1) is 0 Å². The predicted molar refractivity (Wildman–Crippen MR) is 77.4 cm³/mol. The molecule has 0 N–H and O–H groups in total. The van der Waals surface area contributed by atoms with E-state index in [4.69, 9.17) is 0 Å². The van der Waals surface area contributed by atoms with E-state index in [1.165, 1.54) is 16.8 Å². The first-order valence-electron chi connectivity index (χ1n) is 6.84. The molecule has 1 unspecified atom stereocenters. The smallest absolute Gasteiger partial charge is 1.00 e. The summed E-state index contributed by atoms with van der Waals surface area (Å²) in [4.78, 5) is 0. The fourth-order valence-electron chi connectivity index (χ4n) is 2.82. The number of nitrogens with zero attached hydrogens (tertiary/aromatic N) is 2. The summed E-state index contributed by atoms with van der Waals surface area (Å²) < 4.78 is 4.21. The van der Waals surface area contributed by atoms with Crippen molar-refractivity contribution in [1.29, 1.82) is 0 Å². The zero-order valence-electron chi connectivity index (χ0n) is 11.8. The first-order chi connectivity index (χ1) is 9.92. The summed E-state index contributed by atoms with van der Waals surface area (Å²) in [6, 6.07) is 10.8. The van der Waals surface area contributed by atoms with Gasteiger partial charge in [-0.25, -0.2) is 0 Å². The van der Waals surface area contributed by atoms with Crippen LogP contribution >= 0.6 is 0 Å². The molecule has 4 rings (SSSR count). The molecule has 0 spiro atoms. The summed E-state index contributed by atoms with van der Waals surface area (Å²) >= 11 is -0.202. The van der Waals surface area contributed by atoms with Crippen LogP contribution in [0.25, 0.3) is 11.8 Å². The normalized spacial score (nSPS) is 17.7. The van der Waals surface area contributed by atoms with Crippen LogP contribution in [-0.2, 0) is 19.2 Å². The molecule has 2 nitrogen and oxygen atoms in total. The molecule has 1 atom stereocenters. The maximum atomic E-state index is 4.44. The van der Waals surface area contributed by atoms with Gasteiger partial charge < -0.3 is 24.8 Å². The SMILES string of the molecule is C1=CC[C]([Ti+2][CH]2C(n3cccn3)=Cc3ccccc32)=C1.[Cl-].[Cl-]. The molecule has 2 aromatic rings. The third-order valence-corrected chi connectivity index (χ3v) is 6.33. The quantitative estimate of drug-likeness (QED) is 0.569. The van der Waals surface area contributed by atoms with E-state index in [1.54, 1.807) is 3.88 Å². The number of fused-ring (bicyclic) bond motifs is 1. The van der Waals surface area contributed by atoms with Crippen molar-refractivity contribution in [3.63, 3.8) is 0 Å². The van der Waals surface area contributed by atoms with Gasteiger partial charge in [0, 0.05) is 0 Å². The number of hydrogen-bond acceptors (Lipinski definition) is 1. The van der Waals surface area contributed by atoms with Crippen LogP contribution in [0.3, 0.4) is 0 Å². The Morgan fingerprint density at radius 3 is 2.73 bits per heavy atom. The van der Waals surface area contributed by atoms with Crippen LogP contribution in [-0.4, -0.2) is 9.78 Å². The Balaban J connectivity index is 0.000000882. The van der Waals surface area contributed by atoms with Crippen LogP contribution in [0.5, 0.6) is 0 Å². The van der Waals surface area contributed by atoms with Crippen molar-refractivity contribution in [3.05, 3.63) is 76.0 Å². The van der Waals surface area contributed by atoms with Gasteiger partial charge in [-0.1, -0.05) is 0 Å². The molecule has 0 radical (unpaired) electrons. The van der Waals surface area contributed by atoms with Crippen molar-refractivity contribution >= 4 is 11.8 Å². The number of rotatable bonds is 3. The summed E-state index contributed by atoms with van der Waals surface area (Å²) in [6.45, 7) is 0. The number of hydrogen-bond donors (Lipinski definition) is 0. The van der Waals surface area contributed by atoms with Crippen molar-refractivity contribution in [3.8, 4) is 0 Å². The molecular weight excluding hydrogens is 351 g/mol. The first kappa shape index (κ1) is 17.3. The maximum absolute atomic E-state index is 4.44. The zero-order valence-corrected chi connectivity index (χ0v) is 14.9. The molecule has 0 fully saturated rings. The monoisotopic (exact) mass is 364 g/mol. The van der Waals surface area contributed by atoms with Crippen LogP contribution in [0.15, 0.2) is 64.8 Å². The number of halogens is 2. The Bertz CT molecular complexity index is 733. The molecule has 5 heteroatoms. The van der Waals surface area contributed by atoms with Gasteiger partial charge in [0.25, 0.3) is 0 Å². The van der Waals surface area contributed by atoms with E-state index in [-0.39, 0.29) is 44.0 Å². The van der Waals surface area contributed by atoms with Gasteiger partial charge in [0.05, 0.1) is 0 Å². The largest absolute Gasteiger partial charge is 1.00 e. The summed E-state index contributed by atoms with van der Waals surface area (Å²) in [5, 5.41) is 4.44. The minimum atomic E-state index is -0.202. The maximum Gasteiger partial charge on any atom is -1.00 e. The second-order valence-corrected chi connectivity index (χ2v) is 7.41. The van der Waals surface area contributed by atoms with Crippen LogP contribution in [0.2, 0.25) is 0 Å². The van der Waals surface area contributed by atoms with Gasteiger partial charge in [0.1, 0.15) is 0 Å².